The predicted molar refractivity (Wildman–Crippen MR) is 425 cm³/mol. The van der Waals surface area contributed by atoms with Crippen LogP contribution < -0.4 is 26.2 Å². The zero-order chi connectivity index (χ0) is 66.6. The van der Waals surface area contributed by atoms with E-state index in [2.05, 4.69) is 392 Å². The number of fused-ring (bicyclic) bond motifs is 10. The fourth-order valence-electron chi connectivity index (χ4n) is 16.4. The molecule has 100 heavy (non-hydrogen) atoms. The van der Waals surface area contributed by atoms with Gasteiger partial charge in [-0.15, -0.1) is 0 Å². The lowest BCUT2D eigenvalue weighted by molar-refractivity contribution is 0.411. The van der Waals surface area contributed by atoms with E-state index in [-0.39, 0.29) is 12.1 Å². The summed E-state index contributed by atoms with van der Waals surface area (Å²) in [7, 11) is 0. The average molecular weight is 1280 g/mol. The molecule has 4 heterocycles. The van der Waals surface area contributed by atoms with Gasteiger partial charge in [0, 0.05) is 66.8 Å². The molecule has 0 saturated heterocycles. The van der Waals surface area contributed by atoms with E-state index in [9.17, 15) is 0 Å². The lowest BCUT2D eigenvalue weighted by Gasteiger charge is -2.45. The lowest BCUT2D eigenvalue weighted by atomic mass is 9.33. The molecule has 0 radical (unpaired) electrons. The Morgan fingerprint density at radius 3 is 0.870 bits per heavy atom. The first-order valence-electron chi connectivity index (χ1n) is 35.0. The van der Waals surface area contributed by atoms with Crippen LogP contribution in [0.25, 0.3) is 122 Å². The summed E-state index contributed by atoms with van der Waals surface area (Å²) in [5, 5.41) is 4.85. The molecule has 0 spiro atoms. The van der Waals surface area contributed by atoms with Gasteiger partial charge in [0.1, 0.15) is 0 Å². The molecular formula is C95H69BN4. The Balaban J connectivity index is 0.901. The highest BCUT2D eigenvalue weighted by Crippen LogP contribution is 2.51. The molecule has 0 bridgehead atoms. The van der Waals surface area contributed by atoms with Crippen LogP contribution in [0.3, 0.4) is 0 Å². The summed E-state index contributed by atoms with van der Waals surface area (Å²) in [6, 6.07) is 132. The summed E-state index contributed by atoms with van der Waals surface area (Å²) in [6.45, 7) is 6.96. The monoisotopic (exact) mass is 1280 g/mol. The van der Waals surface area contributed by atoms with Crippen molar-refractivity contribution < 1.29 is 0 Å². The van der Waals surface area contributed by atoms with Crippen LogP contribution in [0.5, 0.6) is 0 Å². The van der Waals surface area contributed by atoms with Gasteiger partial charge in [0.15, 0.2) is 0 Å². The van der Waals surface area contributed by atoms with E-state index in [0.717, 1.165) is 84.9 Å². The molecule has 2 aliphatic rings. The Morgan fingerprint density at radius 1 is 0.250 bits per heavy atom. The van der Waals surface area contributed by atoms with Crippen molar-refractivity contribution in [3.8, 4) is 78.1 Å². The first-order chi connectivity index (χ1) is 49.2. The number of hydrogen-bond acceptors (Lipinski definition) is 2. The number of anilines is 6. The molecule has 17 aromatic rings. The van der Waals surface area contributed by atoms with Crippen molar-refractivity contribution in [1.29, 1.82) is 0 Å². The molecule has 0 aliphatic carbocycles. The third-order valence-corrected chi connectivity index (χ3v) is 20.8. The standard InChI is InChI=1S/C95H69BN4/c1-95(2,3)62-63-54-92-94-93(55-63)100(85-41-25-23-39-77(85)69-36-20-9-21-37-69)91-61-75(98-88-52-44-72(66-30-14-6-15-31-66)58-80(88)81-59-73(45-53-89(81)98)67-32-16-7-17-33-67)47-49-83(91)96(94)82-48-46-74(60-90(82)99(92)84-40-24-22-38-76(84)68-34-18-8-19-35-68)97-86-50-42-70(64-26-10-4-11-27-64)56-78(86)79-57-71(43-51-87(79)97)65-28-12-5-13-29-65/h4-61H,62H2,1-3H3. The predicted octanol–water partition coefficient (Wildman–Crippen LogP) is 23.6. The normalized spacial score (nSPS) is 12.5. The zero-order valence-corrected chi connectivity index (χ0v) is 56.1. The van der Waals surface area contributed by atoms with Gasteiger partial charge in [-0.05, 0) is 186 Å². The quantitative estimate of drug-likeness (QED) is 0.120. The summed E-state index contributed by atoms with van der Waals surface area (Å²) < 4.78 is 5.04. The average Bonchev–Trinajstić information content (AvgIpc) is 0.749. The molecule has 2 aliphatic heterocycles. The van der Waals surface area contributed by atoms with Crippen LogP contribution in [0, 0.1) is 5.41 Å². The lowest BCUT2D eigenvalue weighted by Crippen LogP contribution is -2.61. The van der Waals surface area contributed by atoms with Gasteiger partial charge < -0.3 is 18.9 Å². The molecular weight excluding hydrogens is 1210 g/mol. The molecule has 0 atom stereocenters. The molecule has 4 nitrogen and oxygen atoms in total. The first-order valence-corrected chi connectivity index (χ1v) is 35.0. The van der Waals surface area contributed by atoms with Crippen LogP contribution in [0.2, 0.25) is 0 Å². The van der Waals surface area contributed by atoms with Crippen LogP contribution in [-0.2, 0) is 6.42 Å². The van der Waals surface area contributed by atoms with E-state index in [1.54, 1.807) is 0 Å². The van der Waals surface area contributed by atoms with Crippen molar-refractivity contribution >= 4 is 101 Å². The van der Waals surface area contributed by atoms with Crippen molar-refractivity contribution in [3.05, 3.63) is 357 Å². The molecule has 19 rings (SSSR count). The topological polar surface area (TPSA) is 16.3 Å². The van der Waals surface area contributed by atoms with Crippen LogP contribution in [-0.4, -0.2) is 15.8 Å². The Labute approximate surface area is 584 Å². The maximum Gasteiger partial charge on any atom is 0.252 e. The number of rotatable bonds is 11. The largest absolute Gasteiger partial charge is 0.311 e. The van der Waals surface area contributed by atoms with Crippen molar-refractivity contribution in [2.24, 2.45) is 5.41 Å². The van der Waals surface area contributed by atoms with Crippen LogP contribution in [0.4, 0.5) is 34.1 Å². The summed E-state index contributed by atoms with van der Waals surface area (Å²) >= 11 is 0. The Kier molecular flexibility index (Phi) is 13.9. The fraction of sp³-hybridized carbons (Fsp3) is 0.0526. The number of benzene rings is 15. The number of para-hydroxylation sites is 2. The van der Waals surface area contributed by atoms with E-state index in [0.29, 0.717) is 0 Å². The number of hydrogen-bond donors (Lipinski definition) is 0. The summed E-state index contributed by atoms with van der Waals surface area (Å²) in [5.74, 6) is 0. The van der Waals surface area contributed by atoms with Crippen molar-refractivity contribution in [1.82, 2.24) is 9.13 Å². The molecule has 0 amide bonds. The van der Waals surface area contributed by atoms with Gasteiger partial charge >= 0.3 is 0 Å². The molecule has 0 unspecified atom stereocenters. The summed E-state index contributed by atoms with van der Waals surface area (Å²) in [4.78, 5) is 5.29. The smallest absolute Gasteiger partial charge is 0.252 e. The van der Waals surface area contributed by atoms with Gasteiger partial charge in [0.05, 0.1) is 33.4 Å². The van der Waals surface area contributed by atoms with Gasteiger partial charge in [-0.25, -0.2) is 0 Å². The van der Waals surface area contributed by atoms with E-state index in [1.807, 2.05) is 0 Å². The Morgan fingerprint density at radius 2 is 0.550 bits per heavy atom. The second kappa shape index (κ2) is 23.7. The third-order valence-electron chi connectivity index (χ3n) is 20.8. The van der Waals surface area contributed by atoms with Gasteiger partial charge in [-0.1, -0.05) is 276 Å². The van der Waals surface area contributed by atoms with E-state index in [4.69, 9.17) is 0 Å². The number of nitrogens with zero attached hydrogens (tertiary/aromatic N) is 4. The molecule has 15 aromatic carbocycles. The molecule has 0 saturated carbocycles. The second-order valence-corrected chi connectivity index (χ2v) is 28.2. The molecule has 5 heteroatoms. The van der Waals surface area contributed by atoms with Crippen molar-refractivity contribution in [2.45, 2.75) is 27.2 Å². The van der Waals surface area contributed by atoms with Crippen molar-refractivity contribution in [2.75, 3.05) is 9.80 Å². The molecule has 472 valence electrons. The highest BCUT2D eigenvalue weighted by Gasteiger charge is 2.45. The Hall–Kier alpha value is -12.4. The van der Waals surface area contributed by atoms with Crippen LogP contribution >= 0.6 is 0 Å². The maximum atomic E-state index is 2.64. The maximum absolute atomic E-state index is 2.64. The van der Waals surface area contributed by atoms with Gasteiger partial charge in [-0.3, -0.25) is 0 Å². The minimum atomic E-state index is -0.179. The highest BCUT2D eigenvalue weighted by molar-refractivity contribution is 7.00. The minimum absolute atomic E-state index is 0.0476. The Bertz CT molecular complexity index is 5480. The minimum Gasteiger partial charge on any atom is -0.311 e. The first kappa shape index (κ1) is 58.9. The number of aromatic nitrogens is 2. The van der Waals surface area contributed by atoms with Crippen LogP contribution in [0.1, 0.15) is 26.3 Å². The molecule has 0 N–H and O–H groups in total. The van der Waals surface area contributed by atoms with E-state index >= 15 is 0 Å². The SMILES string of the molecule is CC(C)(C)Cc1cc2c3c(c1)N(c1ccccc1-c1ccccc1)c1cc(-n4c5ccc(-c6ccccc6)cc5c5cc(-c6ccccc6)ccc54)ccc1B3c1ccc(-n3c4ccc(-c5ccccc5)cc4c4cc(-c5ccccc5)ccc43)cc1N2c1ccccc1-c1ccccc1. The molecule has 2 aromatic heterocycles. The molecule has 0 fully saturated rings. The summed E-state index contributed by atoms with van der Waals surface area (Å²) in [6.07, 6.45) is 0.856. The van der Waals surface area contributed by atoms with Gasteiger partial charge in [0.2, 0.25) is 0 Å². The van der Waals surface area contributed by atoms with Crippen molar-refractivity contribution in [3.63, 3.8) is 0 Å². The van der Waals surface area contributed by atoms with E-state index in [1.165, 1.54) is 99.4 Å². The van der Waals surface area contributed by atoms with Crippen LogP contribution in [0.15, 0.2) is 352 Å². The van der Waals surface area contributed by atoms with Gasteiger partial charge in [-0.2, -0.15) is 0 Å². The fourth-order valence-corrected chi connectivity index (χ4v) is 16.4. The highest BCUT2D eigenvalue weighted by atomic mass is 15.2. The third kappa shape index (κ3) is 9.90. The zero-order valence-electron chi connectivity index (χ0n) is 56.1. The van der Waals surface area contributed by atoms with Gasteiger partial charge in [0.25, 0.3) is 6.71 Å². The second-order valence-electron chi connectivity index (χ2n) is 28.2. The van der Waals surface area contributed by atoms with E-state index < -0.39 is 0 Å². The summed E-state index contributed by atoms with van der Waals surface area (Å²) in [5.41, 5.74) is 32.9.